The van der Waals surface area contributed by atoms with Gasteiger partial charge >= 0.3 is 5.97 Å². The number of carboxylic acids is 1. The number of carbonyl (C=O) groups is 4. The van der Waals surface area contributed by atoms with Crippen molar-refractivity contribution >= 4 is 47.1 Å². The number of aromatic nitrogens is 4. The zero-order chi connectivity index (χ0) is 30.9. The van der Waals surface area contributed by atoms with Gasteiger partial charge in [0.15, 0.2) is 0 Å². The SMILES string of the molecule is CN(CC(=O)O)C(=O)c1ccc(NC(=O)[C@H](Cc2ccccc2)NC(=O)C=Cc2cc(Cl)ccc2-n2cnnn2)cc1F. The lowest BCUT2D eigenvalue weighted by Gasteiger charge is -2.19. The predicted octanol–water partition coefficient (Wildman–Crippen LogP) is 2.99. The van der Waals surface area contributed by atoms with Gasteiger partial charge in [0.05, 0.1) is 11.3 Å². The Labute approximate surface area is 249 Å². The number of hydrogen-bond donors (Lipinski definition) is 3. The first kappa shape index (κ1) is 30.5. The number of nitrogens with zero attached hydrogens (tertiary/aromatic N) is 5. The summed E-state index contributed by atoms with van der Waals surface area (Å²) in [6.07, 6.45) is 4.25. The van der Waals surface area contributed by atoms with E-state index in [2.05, 4.69) is 26.2 Å². The third-order valence-corrected chi connectivity index (χ3v) is 6.34. The van der Waals surface area contributed by atoms with E-state index in [-0.39, 0.29) is 17.7 Å². The lowest BCUT2D eigenvalue weighted by molar-refractivity contribution is -0.137. The first-order valence-electron chi connectivity index (χ1n) is 12.7. The van der Waals surface area contributed by atoms with Gasteiger partial charge in [-0.05, 0) is 58.5 Å². The van der Waals surface area contributed by atoms with Crippen LogP contribution in [0.1, 0.15) is 21.5 Å². The second-order valence-electron chi connectivity index (χ2n) is 9.28. The van der Waals surface area contributed by atoms with Gasteiger partial charge in [-0.3, -0.25) is 19.2 Å². The van der Waals surface area contributed by atoms with Crippen LogP contribution in [0.3, 0.4) is 0 Å². The van der Waals surface area contributed by atoms with Crippen LogP contribution in [0.25, 0.3) is 11.8 Å². The van der Waals surface area contributed by atoms with Crippen LogP contribution in [0.2, 0.25) is 5.02 Å². The molecule has 12 nitrogen and oxygen atoms in total. The fourth-order valence-corrected chi connectivity index (χ4v) is 4.24. The first-order chi connectivity index (χ1) is 20.6. The minimum Gasteiger partial charge on any atom is -0.480 e. The van der Waals surface area contributed by atoms with Gasteiger partial charge in [0.2, 0.25) is 11.8 Å². The van der Waals surface area contributed by atoms with E-state index in [0.717, 1.165) is 22.6 Å². The third-order valence-electron chi connectivity index (χ3n) is 6.10. The number of benzene rings is 3. The summed E-state index contributed by atoms with van der Waals surface area (Å²) in [6.45, 7) is -0.609. The molecule has 1 aromatic heterocycles. The van der Waals surface area contributed by atoms with Crippen molar-refractivity contribution in [2.75, 3.05) is 18.9 Å². The largest absolute Gasteiger partial charge is 0.480 e. The van der Waals surface area contributed by atoms with Crippen LogP contribution in [0.4, 0.5) is 10.1 Å². The van der Waals surface area contributed by atoms with E-state index in [1.54, 1.807) is 42.5 Å². The van der Waals surface area contributed by atoms with Gasteiger partial charge in [-0.25, -0.2) is 4.39 Å². The van der Waals surface area contributed by atoms with Gasteiger partial charge < -0.3 is 20.6 Å². The molecule has 3 aromatic carbocycles. The summed E-state index contributed by atoms with van der Waals surface area (Å²) in [5.74, 6) is -4.26. The molecule has 0 aliphatic carbocycles. The van der Waals surface area contributed by atoms with Crippen LogP contribution in [0.15, 0.2) is 79.1 Å². The molecule has 0 fully saturated rings. The maximum absolute atomic E-state index is 14.8. The number of rotatable bonds is 11. The second-order valence-corrected chi connectivity index (χ2v) is 9.72. The molecule has 3 N–H and O–H groups in total. The monoisotopic (exact) mass is 605 g/mol. The van der Waals surface area contributed by atoms with Crippen molar-refractivity contribution in [3.05, 3.63) is 107 Å². The summed E-state index contributed by atoms with van der Waals surface area (Å²) in [6, 6.07) is 16.3. The highest BCUT2D eigenvalue weighted by Crippen LogP contribution is 2.21. The Balaban J connectivity index is 1.51. The maximum atomic E-state index is 14.8. The van der Waals surface area contributed by atoms with E-state index >= 15 is 0 Å². The molecule has 1 heterocycles. The molecule has 0 radical (unpaired) electrons. The summed E-state index contributed by atoms with van der Waals surface area (Å²) in [5, 5.41) is 25.6. The molecule has 43 heavy (non-hydrogen) atoms. The molecule has 0 spiro atoms. The molecule has 4 rings (SSSR count). The van der Waals surface area contributed by atoms with E-state index in [0.29, 0.717) is 16.3 Å². The van der Waals surface area contributed by atoms with Crippen molar-refractivity contribution in [2.45, 2.75) is 12.5 Å². The summed E-state index contributed by atoms with van der Waals surface area (Å²) < 4.78 is 16.2. The number of nitrogens with one attached hydrogen (secondary N) is 2. The van der Waals surface area contributed by atoms with Crippen LogP contribution in [-0.4, -0.2) is 73.5 Å². The number of likely N-dealkylation sites (N-methyl/N-ethyl adjacent to an activating group) is 1. The molecule has 14 heteroatoms. The maximum Gasteiger partial charge on any atom is 0.323 e. The molecule has 220 valence electrons. The second kappa shape index (κ2) is 14.0. The zero-order valence-corrected chi connectivity index (χ0v) is 23.4. The summed E-state index contributed by atoms with van der Waals surface area (Å²) in [4.78, 5) is 50.4. The summed E-state index contributed by atoms with van der Waals surface area (Å²) in [7, 11) is 1.23. The van der Waals surface area contributed by atoms with Gasteiger partial charge in [0.1, 0.15) is 24.7 Å². The highest BCUT2D eigenvalue weighted by molar-refractivity contribution is 6.30. The van der Waals surface area contributed by atoms with Crippen LogP contribution in [0.5, 0.6) is 0 Å². The molecule has 3 amide bonds. The van der Waals surface area contributed by atoms with Gasteiger partial charge in [0.25, 0.3) is 5.91 Å². The van der Waals surface area contributed by atoms with Crippen molar-refractivity contribution in [2.24, 2.45) is 0 Å². The molecule has 4 aromatic rings. The third kappa shape index (κ3) is 8.30. The molecule has 0 saturated heterocycles. The number of carboxylic acid groups (broad SMARTS) is 1. The van der Waals surface area contributed by atoms with Crippen LogP contribution in [-0.2, 0) is 20.8 Å². The van der Waals surface area contributed by atoms with Gasteiger partial charge in [-0.1, -0.05) is 41.9 Å². The van der Waals surface area contributed by atoms with Gasteiger partial charge in [-0.15, -0.1) is 5.10 Å². The van der Waals surface area contributed by atoms with Gasteiger partial charge in [-0.2, -0.15) is 4.68 Å². The van der Waals surface area contributed by atoms with E-state index < -0.39 is 42.1 Å². The van der Waals surface area contributed by atoms with Crippen molar-refractivity contribution in [3.63, 3.8) is 0 Å². The minimum absolute atomic E-state index is 0.0350. The van der Waals surface area contributed by atoms with Gasteiger partial charge in [0, 0.05) is 35.8 Å². The zero-order valence-electron chi connectivity index (χ0n) is 22.6. The lowest BCUT2D eigenvalue weighted by atomic mass is 10.0. The Morgan fingerprint density at radius 2 is 1.86 bits per heavy atom. The predicted molar refractivity (Wildman–Crippen MR) is 155 cm³/mol. The van der Waals surface area contributed by atoms with Crippen molar-refractivity contribution in [1.29, 1.82) is 0 Å². The Morgan fingerprint density at radius 3 is 2.53 bits per heavy atom. The number of carbonyl (C=O) groups excluding carboxylic acids is 3. The minimum atomic E-state index is -1.25. The molecular formula is C29H25ClFN7O5. The Bertz CT molecular complexity index is 1670. The highest BCUT2D eigenvalue weighted by Gasteiger charge is 2.23. The summed E-state index contributed by atoms with van der Waals surface area (Å²) >= 11 is 6.14. The van der Waals surface area contributed by atoms with E-state index in [1.807, 2.05) is 6.07 Å². The van der Waals surface area contributed by atoms with Crippen molar-refractivity contribution < 1.29 is 28.7 Å². The number of amides is 3. The number of hydrogen-bond acceptors (Lipinski definition) is 7. The molecule has 0 bridgehead atoms. The van der Waals surface area contributed by atoms with Crippen LogP contribution < -0.4 is 10.6 Å². The Kier molecular flexibility index (Phi) is 9.91. The first-order valence-corrected chi connectivity index (χ1v) is 13.1. The number of tetrazole rings is 1. The quantitative estimate of drug-likeness (QED) is 0.220. The standard InChI is InChI=1S/C29H25ClFN7O5/c1-37(16-27(40)41)29(43)22-10-9-21(15-23(22)31)33-28(42)24(13-18-5-3-2-4-6-18)34-26(39)12-7-19-14-20(30)8-11-25(19)38-17-32-35-36-38/h2-12,14-15,17,24H,13,16H2,1H3,(H,33,42)(H,34,39)(H,40,41)/t24-/m0/s1. The molecule has 0 aliphatic rings. The fourth-order valence-electron chi connectivity index (χ4n) is 4.06. The van der Waals surface area contributed by atoms with Crippen LogP contribution >= 0.6 is 11.6 Å². The van der Waals surface area contributed by atoms with E-state index in [9.17, 15) is 23.6 Å². The molecular weight excluding hydrogens is 581 g/mol. The van der Waals surface area contributed by atoms with Crippen molar-refractivity contribution in [1.82, 2.24) is 30.4 Å². The molecule has 0 unspecified atom stereocenters. The van der Waals surface area contributed by atoms with E-state index in [1.165, 1.54) is 36.3 Å². The molecule has 0 aliphatic heterocycles. The molecule has 1 atom stereocenters. The average molecular weight is 606 g/mol. The average Bonchev–Trinajstić information content (AvgIpc) is 3.50. The number of anilines is 1. The topological polar surface area (TPSA) is 159 Å². The smallest absolute Gasteiger partial charge is 0.323 e. The summed E-state index contributed by atoms with van der Waals surface area (Å²) in [5.41, 5.74) is 1.54. The number of halogens is 2. The van der Waals surface area contributed by atoms with Crippen molar-refractivity contribution in [3.8, 4) is 5.69 Å². The van der Waals surface area contributed by atoms with E-state index in [4.69, 9.17) is 16.7 Å². The number of aliphatic carboxylic acids is 1. The normalized spacial score (nSPS) is 11.6. The highest BCUT2D eigenvalue weighted by atomic mass is 35.5. The Hall–Kier alpha value is -5.43. The lowest BCUT2D eigenvalue weighted by Crippen LogP contribution is -2.44. The Morgan fingerprint density at radius 1 is 1.09 bits per heavy atom. The fraction of sp³-hybridized carbons (Fsp3) is 0.138. The van der Waals surface area contributed by atoms with Crippen LogP contribution in [0, 0.1) is 5.82 Å². The molecule has 0 saturated carbocycles.